The zero-order valence-corrected chi connectivity index (χ0v) is 17.8. The van der Waals surface area contributed by atoms with Gasteiger partial charge in [-0.1, -0.05) is 12.1 Å². The van der Waals surface area contributed by atoms with Crippen molar-refractivity contribution in [2.75, 3.05) is 6.54 Å². The molecule has 0 spiro atoms. The molecule has 0 amide bonds. The fourth-order valence-corrected chi connectivity index (χ4v) is 4.11. The summed E-state index contributed by atoms with van der Waals surface area (Å²) >= 11 is 0. The smallest absolute Gasteiger partial charge is 0.306 e. The van der Waals surface area contributed by atoms with Gasteiger partial charge < -0.3 is 4.98 Å². The molecule has 0 bridgehead atoms. The number of alkyl halides is 3. The molecule has 10 heteroatoms. The summed E-state index contributed by atoms with van der Waals surface area (Å²) in [5.74, 6) is -0.0702. The average Bonchev–Trinajstić information content (AvgIpc) is 3.27. The van der Waals surface area contributed by atoms with Crippen LogP contribution in [0, 0.1) is 5.82 Å². The number of aromatic amines is 2. The lowest BCUT2D eigenvalue weighted by atomic mass is 10.0. The lowest BCUT2D eigenvalue weighted by molar-refractivity contribution is -0.137. The van der Waals surface area contributed by atoms with Gasteiger partial charge in [0.2, 0.25) is 0 Å². The van der Waals surface area contributed by atoms with E-state index in [9.17, 15) is 22.4 Å². The third-order valence-electron chi connectivity index (χ3n) is 5.88. The molecule has 2 aromatic heterocycles. The lowest BCUT2D eigenvalue weighted by Crippen LogP contribution is -2.35. The second-order valence-electron chi connectivity index (χ2n) is 8.15. The largest absolute Gasteiger partial charge is 0.416 e. The van der Waals surface area contributed by atoms with Crippen molar-refractivity contribution in [2.45, 2.75) is 25.7 Å². The van der Waals surface area contributed by atoms with E-state index in [2.05, 4.69) is 25.1 Å². The maximum Gasteiger partial charge on any atom is 0.416 e. The Labute approximate surface area is 191 Å². The number of aromatic nitrogens is 4. The number of nitrogens with zero attached hydrogens (tertiary/aromatic N) is 3. The van der Waals surface area contributed by atoms with Gasteiger partial charge in [0, 0.05) is 42.7 Å². The number of halogens is 4. The molecule has 0 saturated heterocycles. The van der Waals surface area contributed by atoms with Crippen LogP contribution in [0.1, 0.15) is 22.4 Å². The van der Waals surface area contributed by atoms with Crippen LogP contribution in [-0.4, -0.2) is 31.6 Å². The van der Waals surface area contributed by atoms with Crippen molar-refractivity contribution in [1.29, 1.82) is 0 Å². The Morgan fingerprint density at radius 3 is 2.41 bits per heavy atom. The van der Waals surface area contributed by atoms with E-state index >= 15 is 0 Å². The first kappa shape index (κ1) is 22.0. The van der Waals surface area contributed by atoms with Crippen molar-refractivity contribution in [1.82, 2.24) is 25.1 Å². The summed E-state index contributed by atoms with van der Waals surface area (Å²) in [6.45, 7) is 1.55. The number of H-pyrrole nitrogens is 2. The molecule has 6 nitrogen and oxygen atoms in total. The molecular weight excluding hydrogens is 450 g/mol. The Morgan fingerprint density at radius 1 is 1.00 bits per heavy atom. The molecule has 3 heterocycles. The Hall–Kier alpha value is -3.79. The first-order valence-corrected chi connectivity index (χ1v) is 10.6. The van der Waals surface area contributed by atoms with Crippen LogP contribution in [0.3, 0.4) is 0 Å². The molecule has 0 fully saturated rings. The zero-order valence-electron chi connectivity index (χ0n) is 17.8. The first-order valence-electron chi connectivity index (χ1n) is 10.6. The summed E-state index contributed by atoms with van der Waals surface area (Å²) in [7, 11) is 0. The van der Waals surface area contributed by atoms with Crippen LogP contribution < -0.4 is 5.56 Å². The molecule has 0 unspecified atom stereocenters. The van der Waals surface area contributed by atoms with Crippen LogP contribution in [0.5, 0.6) is 0 Å². The molecule has 0 saturated carbocycles. The minimum atomic E-state index is -4.43. The molecule has 1 aliphatic rings. The van der Waals surface area contributed by atoms with Gasteiger partial charge in [-0.2, -0.15) is 18.3 Å². The van der Waals surface area contributed by atoms with Gasteiger partial charge in [-0.15, -0.1) is 0 Å². The highest BCUT2D eigenvalue weighted by molar-refractivity contribution is 5.62. The number of benzene rings is 2. The van der Waals surface area contributed by atoms with Gasteiger partial charge in [0.15, 0.2) is 0 Å². The molecule has 0 radical (unpaired) electrons. The number of fused-ring (bicyclic) bond motifs is 1. The van der Waals surface area contributed by atoms with Crippen molar-refractivity contribution in [3.8, 4) is 22.6 Å². The minimum Gasteiger partial charge on any atom is -0.306 e. The van der Waals surface area contributed by atoms with Crippen molar-refractivity contribution in [3.05, 3.63) is 93.3 Å². The lowest BCUT2D eigenvalue weighted by Gasteiger charge is -2.27. The third-order valence-corrected chi connectivity index (χ3v) is 5.88. The summed E-state index contributed by atoms with van der Waals surface area (Å²) in [4.78, 5) is 22.1. The topological polar surface area (TPSA) is 77.7 Å². The number of rotatable bonds is 4. The summed E-state index contributed by atoms with van der Waals surface area (Å²) in [5, 5.41) is 7.07. The van der Waals surface area contributed by atoms with Gasteiger partial charge in [0.25, 0.3) is 5.56 Å². The van der Waals surface area contributed by atoms with Crippen molar-refractivity contribution >= 4 is 0 Å². The summed E-state index contributed by atoms with van der Waals surface area (Å²) in [6, 6.07) is 10.7. The van der Waals surface area contributed by atoms with Crippen molar-refractivity contribution in [2.24, 2.45) is 0 Å². The van der Waals surface area contributed by atoms with Crippen LogP contribution >= 0.6 is 0 Å². The molecule has 34 heavy (non-hydrogen) atoms. The van der Waals surface area contributed by atoms with Gasteiger partial charge >= 0.3 is 6.18 Å². The van der Waals surface area contributed by atoms with E-state index in [1.54, 1.807) is 18.3 Å². The molecule has 0 atom stereocenters. The third kappa shape index (κ3) is 4.36. The highest BCUT2D eigenvalue weighted by atomic mass is 19.4. The fourth-order valence-electron chi connectivity index (χ4n) is 4.11. The standard InChI is InChI=1S/C24H19F4N5O/c25-18-7-3-14(4-8-18)21-16(11-29-32-21)12-33-10-9-20-19(13-33)23(34)31-22(30-20)15-1-5-17(6-2-15)24(26,27)28/h1-8,11H,9-10,12-13H2,(H,29,32)(H,30,31,34). The van der Waals surface area contributed by atoms with E-state index in [0.717, 1.165) is 29.0 Å². The maximum absolute atomic E-state index is 13.3. The Kier molecular flexibility index (Phi) is 5.52. The van der Waals surface area contributed by atoms with Gasteiger partial charge in [-0.05, 0) is 36.4 Å². The van der Waals surface area contributed by atoms with E-state index in [0.29, 0.717) is 42.9 Å². The number of hydrogen-bond acceptors (Lipinski definition) is 4. The first-order chi connectivity index (χ1) is 16.3. The molecule has 1 aliphatic heterocycles. The van der Waals surface area contributed by atoms with Crippen LogP contribution in [0.15, 0.2) is 59.5 Å². The van der Waals surface area contributed by atoms with Crippen LogP contribution in [0.4, 0.5) is 17.6 Å². The van der Waals surface area contributed by atoms with Gasteiger partial charge in [0.05, 0.1) is 28.7 Å². The number of nitrogens with one attached hydrogen (secondary N) is 2. The second-order valence-corrected chi connectivity index (χ2v) is 8.15. The van der Waals surface area contributed by atoms with Gasteiger partial charge in [-0.3, -0.25) is 14.8 Å². The fraction of sp³-hybridized carbons (Fsp3) is 0.208. The molecule has 2 aromatic carbocycles. The van der Waals surface area contributed by atoms with E-state index in [-0.39, 0.29) is 17.2 Å². The SMILES string of the molecule is O=c1[nH]c(-c2ccc(C(F)(F)F)cc2)nc2c1CN(Cc1cn[nH]c1-c1ccc(F)cc1)CC2. The van der Waals surface area contributed by atoms with Crippen molar-refractivity contribution in [3.63, 3.8) is 0 Å². The van der Waals surface area contributed by atoms with Gasteiger partial charge in [-0.25, -0.2) is 9.37 Å². The summed E-state index contributed by atoms with van der Waals surface area (Å²) in [5.41, 5.74) is 3.04. The van der Waals surface area contributed by atoms with Crippen molar-refractivity contribution < 1.29 is 17.6 Å². The van der Waals surface area contributed by atoms with Crippen LogP contribution in [-0.2, 0) is 25.7 Å². The minimum absolute atomic E-state index is 0.249. The van der Waals surface area contributed by atoms with E-state index < -0.39 is 11.7 Å². The Balaban J connectivity index is 1.35. The van der Waals surface area contributed by atoms with Crippen LogP contribution in [0.25, 0.3) is 22.6 Å². The van der Waals surface area contributed by atoms with E-state index in [4.69, 9.17) is 0 Å². The van der Waals surface area contributed by atoms with E-state index in [1.807, 2.05) is 0 Å². The quantitative estimate of drug-likeness (QED) is 0.430. The molecule has 174 valence electrons. The molecule has 5 rings (SSSR count). The predicted molar refractivity (Wildman–Crippen MR) is 117 cm³/mol. The predicted octanol–water partition coefficient (Wildman–Crippen LogP) is 4.54. The summed E-state index contributed by atoms with van der Waals surface area (Å²) in [6.07, 6.45) is -2.19. The van der Waals surface area contributed by atoms with Gasteiger partial charge in [0.1, 0.15) is 11.6 Å². The Morgan fingerprint density at radius 2 is 1.71 bits per heavy atom. The molecule has 0 aliphatic carbocycles. The zero-order chi connectivity index (χ0) is 23.9. The number of hydrogen-bond donors (Lipinski definition) is 2. The highest BCUT2D eigenvalue weighted by Crippen LogP contribution is 2.30. The second kappa shape index (κ2) is 8.53. The average molecular weight is 469 g/mol. The Bertz CT molecular complexity index is 1370. The molecular formula is C24H19F4N5O. The molecule has 2 N–H and O–H groups in total. The maximum atomic E-state index is 13.3. The normalized spacial score (nSPS) is 14.2. The van der Waals surface area contributed by atoms with Crippen LogP contribution in [0.2, 0.25) is 0 Å². The molecule has 4 aromatic rings. The monoisotopic (exact) mass is 469 g/mol. The summed E-state index contributed by atoms with van der Waals surface area (Å²) < 4.78 is 51.7. The highest BCUT2D eigenvalue weighted by Gasteiger charge is 2.30. The van der Waals surface area contributed by atoms with E-state index in [1.165, 1.54) is 24.3 Å².